The first-order valence-electron chi connectivity index (χ1n) is 6.48. The molecule has 0 aliphatic rings. The molecule has 0 aliphatic carbocycles. The highest BCUT2D eigenvalue weighted by molar-refractivity contribution is 7.80. The molecule has 2 rings (SSSR count). The van der Waals surface area contributed by atoms with Crippen LogP contribution in [0.5, 0.6) is 5.75 Å². The molecule has 108 valence electrons. The van der Waals surface area contributed by atoms with Gasteiger partial charge in [0.15, 0.2) is 5.11 Å². The minimum atomic E-state index is 0.449. The van der Waals surface area contributed by atoms with Crippen LogP contribution in [0.2, 0.25) is 0 Å². The van der Waals surface area contributed by atoms with Gasteiger partial charge < -0.3 is 10.1 Å². The Kier molecular flexibility index (Phi) is 5.29. The maximum atomic E-state index is 5.18. The third-order valence-electron chi connectivity index (χ3n) is 2.77. The van der Waals surface area contributed by atoms with Crippen molar-refractivity contribution in [3.05, 3.63) is 59.7 Å². The Balaban J connectivity index is 1.86. The summed E-state index contributed by atoms with van der Waals surface area (Å²) in [5.74, 6) is 0.816. The van der Waals surface area contributed by atoms with Crippen molar-refractivity contribution in [2.45, 2.75) is 6.92 Å². The number of nitrogens with zero attached hydrogens (tertiary/aromatic N) is 1. The van der Waals surface area contributed by atoms with E-state index in [1.807, 2.05) is 55.5 Å². The van der Waals surface area contributed by atoms with Crippen LogP contribution in [0.4, 0.5) is 5.69 Å². The minimum absolute atomic E-state index is 0.449. The van der Waals surface area contributed by atoms with Crippen molar-refractivity contribution in [2.75, 3.05) is 12.4 Å². The predicted octanol–water partition coefficient (Wildman–Crippen LogP) is 3.32. The lowest BCUT2D eigenvalue weighted by atomic mass is 10.2. The zero-order chi connectivity index (χ0) is 15.1. The van der Waals surface area contributed by atoms with E-state index in [9.17, 15) is 0 Å². The molecular weight excluding hydrogens is 282 g/mol. The zero-order valence-electron chi connectivity index (χ0n) is 12.0. The number of ether oxygens (including phenoxy) is 1. The second-order valence-electron chi connectivity index (χ2n) is 4.47. The van der Waals surface area contributed by atoms with Crippen LogP contribution in [0.1, 0.15) is 11.1 Å². The van der Waals surface area contributed by atoms with Crippen LogP contribution < -0.4 is 15.5 Å². The first-order valence-corrected chi connectivity index (χ1v) is 6.89. The summed E-state index contributed by atoms with van der Waals surface area (Å²) in [4.78, 5) is 0. The molecule has 0 amide bonds. The van der Waals surface area contributed by atoms with Gasteiger partial charge in [0.05, 0.1) is 13.3 Å². The van der Waals surface area contributed by atoms with Gasteiger partial charge in [0.1, 0.15) is 5.75 Å². The molecule has 0 fully saturated rings. The number of hydrogen-bond donors (Lipinski definition) is 2. The largest absolute Gasteiger partial charge is 0.497 e. The standard InChI is InChI=1S/C16H17N3OS/c1-12-4-3-5-14(10-12)18-16(21)19-17-11-13-6-8-15(20-2)9-7-13/h3-11H,1-2H3,(H2,18,19,21). The van der Waals surface area contributed by atoms with Gasteiger partial charge in [-0.2, -0.15) is 5.10 Å². The normalized spacial score (nSPS) is 10.4. The third-order valence-corrected chi connectivity index (χ3v) is 2.96. The maximum absolute atomic E-state index is 5.18. The van der Waals surface area contributed by atoms with Crippen molar-refractivity contribution in [2.24, 2.45) is 5.10 Å². The molecule has 0 heterocycles. The predicted molar refractivity (Wildman–Crippen MR) is 91.1 cm³/mol. The molecule has 2 aromatic carbocycles. The van der Waals surface area contributed by atoms with E-state index in [1.54, 1.807) is 13.3 Å². The first kappa shape index (κ1) is 15.0. The minimum Gasteiger partial charge on any atom is -0.497 e. The molecule has 0 spiro atoms. The fourth-order valence-electron chi connectivity index (χ4n) is 1.74. The van der Waals surface area contributed by atoms with Crippen LogP contribution >= 0.6 is 12.2 Å². The summed E-state index contributed by atoms with van der Waals surface area (Å²) in [7, 11) is 1.64. The van der Waals surface area contributed by atoms with Gasteiger partial charge in [0.2, 0.25) is 0 Å². The fraction of sp³-hybridized carbons (Fsp3) is 0.125. The highest BCUT2D eigenvalue weighted by Crippen LogP contribution is 2.10. The Hall–Kier alpha value is -2.40. The van der Waals surface area contributed by atoms with Gasteiger partial charge in [-0.25, -0.2) is 0 Å². The van der Waals surface area contributed by atoms with Crippen LogP contribution in [0.3, 0.4) is 0 Å². The second kappa shape index (κ2) is 7.40. The average Bonchev–Trinajstić information content (AvgIpc) is 2.48. The Morgan fingerprint density at radius 2 is 1.95 bits per heavy atom. The molecule has 4 nitrogen and oxygen atoms in total. The number of benzene rings is 2. The van der Waals surface area contributed by atoms with Gasteiger partial charge in [-0.3, -0.25) is 5.43 Å². The smallest absolute Gasteiger partial charge is 0.191 e. The van der Waals surface area contributed by atoms with E-state index >= 15 is 0 Å². The molecule has 2 N–H and O–H groups in total. The summed E-state index contributed by atoms with van der Waals surface area (Å²) in [6.45, 7) is 2.03. The Labute approximate surface area is 129 Å². The van der Waals surface area contributed by atoms with Gasteiger partial charge >= 0.3 is 0 Å². The Bertz CT molecular complexity index is 638. The molecule has 0 saturated heterocycles. The average molecular weight is 299 g/mol. The topological polar surface area (TPSA) is 45.6 Å². The summed E-state index contributed by atoms with van der Waals surface area (Å²) >= 11 is 5.18. The Morgan fingerprint density at radius 1 is 1.19 bits per heavy atom. The van der Waals surface area contributed by atoms with E-state index in [0.717, 1.165) is 17.0 Å². The zero-order valence-corrected chi connectivity index (χ0v) is 12.8. The lowest BCUT2D eigenvalue weighted by molar-refractivity contribution is 0.415. The van der Waals surface area contributed by atoms with Crippen molar-refractivity contribution in [1.29, 1.82) is 0 Å². The quantitative estimate of drug-likeness (QED) is 0.516. The second-order valence-corrected chi connectivity index (χ2v) is 4.88. The SMILES string of the molecule is COc1ccc(C=NNC(=S)Nc2cccc(C)c2)cc1. The number of thiocarbonyl (C=S) groups is 1. The summed E-state index contributed by atoms with van der Waals surface area (Å²) < 4.78 is 5.10. The molecule has 5 heteroatoms. The van der Waals surface area contributed by atoms with Crippen LogP contribution in [-0.2, 0) is 0 Å². The summed E-state index contributed by atoms with van der Waals surface area (Å²) in [6, 6.07) is 15.6. The molecule has 0 saturated carbocycles. The van der Waals surface area contributed by atoms with Gasteiger partial charge in [-0.05, 0) is 66.7 Å². The van der Waals surface area contributed by atoms with E-state index in [2.05, 4.69) is 15.8 Å². The van der Waals surface area contributed by atoms with E-state index in [1.165, 1.54) is 5.56 Å². The molecule has 0 unspecified atom stereocenters. The van der Waals surface area contributed by atoms with Crippen molar-refractivity contribution < 1.29 is 4.74 Å². The van der Waals surface area contributed by atoms with Crippen molar-refractivity contribution in [1.82, 2.24) is 5.43 Å². The summed E-state index contributed by atoms with van der Waals surface area (Å²) in [5.41, 5.74) is 5.85. The first-order chi connectivity index (χ1) is 10.2. The molecule has 21 heavy (non-hydrogen) atoms. The fourth-order valence-corrected chi connectivity index (χ4v) is 1.91. The van der Waals surface area contributed by atoms with Crippen LogP contribution in [-0.4, -0.2) is 18.4 Å². The van der Waals surface area contributed by atoms with Gasteiger partial charge in [0.25, 0.3) is 0 Å². The van der Waals surface area contributed by atoms with Gasteiger partial charge in [-0.1, -0.05) is 12.1 Å². The van der Waals surface area contributed by atoms with Gasteiger partial charge in [0, 0.05) is 5.69 Å². The number of nitrogens with one attached hydrogen (secondary N) is 2. The van der Waals surface area contributed by atoms with E-state index in [-0.39, 0.29) is 0 Å². The number of anilines is 1. The molecule has 0 radical (unpaired) electrons. The molecule has 0 bridgehead atoms. The summed E-state index contributed by atoms with van der Waals surface area (Å²) in [6.07, 6.45) is 1.70. The number of hydrazone groups is 1. The third kappa shape index (κ3) is 4.89. The van der Waals surface area contributed by atoms with Crippen LogP contribution in [0.25, 0.3) is 0 Å². The number of methoxy groups -OCH3 is 1. The lowest BCUT2D eigenvalue weighted by Gasteiger charge is -2.07. The molecular formula is C16H17N3OS. The monoisotopic (exact) mass is 299 g/mol. The number of aryl methyl sites for hydroxylation is 1. The molecule has 0 atom stereocenters. The van der Waals surface area contributed by atoms with E-state index in [4.69, 9.17) is 17.0 Å². The molecule has 0 aliphatic heterocycles. The number of rotatable bonds is 4. The molecule has 2 aromatic rings. The van der Waals surface area contributed by atoms with Crippen LogP contribution in [0.15, 0.2) is 53.6 Å². The van der Waals surface area contributed by atoms with Crippen molar-refractivity contribution >= 4 is 29.2 Å². The van der Waals surface area contributed by atoms with Crippen molar-refractivity contribution in [3.63, 3.8) is 0 Å². The highest BCUT2D eigenvalue weighted by atomic mass is 32.1. The van der Waals surface area contributed by atoms with Crippen LogP contribution in [0, 0.1) is 6.92 Å². The van der Waals surface area contributed by atoms with E-state index in [0.29, 0.717) is 5.11 Å². The van der Waals surface area contributed by atoms with Gasteiger partial charge in [-0.15, -0.1) is 0 Å². The lowest BCUT2D eigenvalue weighted by Crippen LogP contribution is -2.23. The number of hydrogen-bond acceptors (Lipinski definition) is 3. The summed E-state index contributed by atoms with van der Waals surface area (Å²) in [5, 5.41) is 7.62. The van der Waals surface area contributed by atoms with Crippen molar-refractivity contribution in [3.8, 4) is 5.75 Å². The highest BCUT2D eigenvalue weighted by Gasteiger charge is 1.96. The van der Waals surface area contributed by atoms with E-state index < -0.39 is 0 Å². The molecule has 0 aromatic heterocycles. The maximum Gasteiger partial charge on any atom is 0.191 e. The Morgan fingerprint density at radius 3 is 2.62 bits per heavy atom.